The zero-order valence-corrected chi connectivity index (χ0v) is 8.96. The van der Waals surface area contributed by atoms with Crippen LogP contribution >= 0.6 is 0 Å². The topological polar surface area (TPSA) is 148 Å². The summed E-state index contributed by atoms with van der Waals surface area (Å²) in [5, 5.41) is 40.5. The molecule has 17 heavy (non-hydrogen) atoms. The van der Waals surface area contributed by atoms with E-state index in [1.54, 1.807) is 0 Å². The summed E-state index contributed by atoms with van der Waals surface area (Å²) in [4.78, 5) is 2.51. The molecule has 0 aromatic carbocycles. The fourth-order valence-electron chi connectivity index (χ4n) is 1.46. The molecule has 1 unspecified atom stereocenters. The molecule has 5 atom stereocenters. The molecule has 9 heteroatoms. The van der Waals surface area contributed by atoms with Gasteiger partial charge in [0, 0.05) is 11.5 Å². The first-order valence-electron chi connectivity index (χ1n) is 5.04. The minimum Gasteiger partial charge on any atom is -0.394 e. The lowest BCUT2D eigenvalue weighted by atomic mass is 9.99. The summed E-state index contributed by atoms with van der Waals surface area (Å²) in [6.07, 6.45) is -6.49. The quantitative estimate of drug-likeness (QED) is 0.194. The molecule has 1 aliphatic heterocycles. The average molecular weight is 249 g/mol. The molecule has 0 radical (unpaired) electrons. The number of azide groups is 1. The number of nitrogens with zero attached hydrogens (tertiary/aromatic N) is 3. The molecule has 98 valence electrons. The van der Waals surface area contributed by atoms with E-state index in [4.69, 9.17) is 20.1 Å². The van der Waals surface area contributed by atoms with E-state index < -0.39 is 37.3 Å². The molecule has 0 bridgehead atoms. The molecule has 1 fully saturated rings. The Morgan fingerprint density at radius 3 is 2.53 bits per heavy atom. The number of hydrogen-bond acceptors (Lipinski definition) is 7. The maximum atomic E-state index is 9.53. The van der Waals surface area contributed by atoms with Crippen molar-refractivity contribution in [2.75, 3.05) is 19.8 Å². The van der Waals surface area contributed by atoms with Gasteiger partial charge in [-0.15, -0.1) is 0 Å². The standard InChI is InChI=1S/C8H15N3O6/c9-11-10-1-2-16-8-7(15)6(14)5(13)4(3-12)17-8/h4-8,12-15H,1-3H2/t4-,5-,6+,7-,8?/m1/s1. The van der Waals surface area contributed by atoms with Crippen LogP contribution in [0.15, 0.2) is 5.11 Å². The van der Waals surface area contributed by atoms with Gasteiger partial charge in [0.25, 0.3) is 0 Å². The van der Waals surface area contributed by atoms with E-state index in [0.29, 0.717) is 0 Å². The van der Waals surface area contributed by atoms with Crippen LogP contribution in [-0.4, -0.2) is 70.9 Å². The van der Waals surface area contributed by atoms with Crippen LogP contribution in [0.4, 0.5) is 0 Å². The highest BCUT2D eigenvalue weighted by Crippen LogP contribution is 2.21. The maximum absolute atomic E-state index is 9.53. The van der Waals surface area contributed by atoms with Crippen molar-refractivity contribution >= 4 is 0 Å². The molecule has 9 nitrogen and oxygen atoms in total. The second kappa shape index (κ2) is 6.72. The zero-order chi connectivity index (χ0) is 12.8. The Bertz CT molecular complexity index is 282. The first-order chi connectivity index (χ1) is 8.11. The summed E-state index contributed by atoms with van der Waals surface area (Å²) in [5.41, 5.74) is 8.03. The van der Waals surface area contributed by atoms with Crippen molar-refractivity contribution in [3.63, 3.8) is 0 Å². The zero-order valence-electron chi connectivity index (χ0n) is 8.96. The monoisotopic (exact) mass is 249 g/mol. The fourth-order valence-corrected chi connectivity index (χ4v) is 1.46. The van der Waals surface area contributed by atoms with E-state index in [1.165, 1.54) is 0 Å². The normalized spacial score (nSPS) is 37.5. The molecule has 0 aliphatic carbocycles. The van der Waals surface area contributed by atoms with Gasteiger partial charge in [-0.05, 0) is 5.53 Å². The van der Waals surface area contributed by atoms with Crippen molar-refractivity contribution in [2.45, 2.75) is 30.7 Å². The van der Waals surface area contributed by atoms with Crippen LogP contribution in [0.1, 0.15) is 0 Å². The Balaban J connectivity index is 2.50. The van der Waals surface area contributed by atoms with Crippen molar-refractivity contribution in [2.24, 2.45) is 5.11 Å². The first-order valence-corrected chi connectivity index (χ1v) is 5.04. The van der Waals surface area contributed by atoms with E-state index in [1.807, 2.05) is 0 Å². The van der Waals surface area contributed by atoms with Crippen molar-refractivity contribution in [1.82, 2.24) is 0 Å². The summed E-state index contributed by atoms with van der Waals surface area (Å²) >= 11 is 0. The van der Waals surface area contributed by atoms with Gasteiger partial charge in [0.1, 0.15) is 24.4 Å². The molecule has 1 aliphatic rings. The van der Waals surface area contributed by atoms with Crippen LogP contribution in [0.25, 0.3) is 10.4 Å². The predicted molar refractivity (Wildman–Crippen MR) is 53.7 cm³/mol. The highest BCUT2D eigenvalue weighted by molar-refractivity contribution is 4.88. The fraction of sp³-hybridized carbons (Fsp3) is 1.00. The molecule has 0 aromatic rings. The van der Waals surface area contributed by atoms with E-state index >= 15 is 0 Å². The number of rotatable bonds is 5. The van der Waals surface area contributed by atoms with Crippen LogP contribution in [0.2, 0.25) is 0 Å². The van der Waals surface area contributed by atoms with E-state index in [2.05, 4.69) is 10.0 Å². The summed E-state index contributed by atoms with van der Waals surface area (Å²) in [7, 11) is 0. The highest BCUT2D eigenvalue weighted by Gasteiger charge is 2.43. The third-order valence-electron chi connectivity index (χ3n) is 2.39. The van der Waals surface area contributed by atoms with Crippen LogP contribution in [0.5, 0.6) is 0 Å². The lowest BCUT2D eigenvalue weighted by Gasteiger charge is -2.39. The minimum atomic E-state index is -1.47. The van der Waals surface area contributed by atoms with Gasteiger partial charge in [-0.1, -0.05) is 5.11 Å². The third kappa shape index (κ3) is 3.51. The Kier molecular flexibility index (Phi) is 5.59. The Hall–Kier alpha value is -0.930. The molecule has 0 amide bonds. The van der Waals surface area contributed by atoms with Gasteiger partial charge in [-0.2, -0.15) is 0 Å². The van der Waals surface area contributed by atoms with Crippen LogP contribution in [-0.2, 0) is 9.47 Å². The van der Waals surface area contributed by atoms with Gasteiger partial charge in [-0.25, -0.2) is 0 Å². The second-order valence-corrected chi connectivity index (χ2v) is 3.52. The molecular weight excluding hydrogens is 234 g/mol. The Morgan fingerprint density at radius 2 is 1.94 bits per heavy atom. The van der Waals surface area contributed by atoms with Crippen molar-refractivity contribution in [3.05, 3.63) is 10.4 Å². The SMILES string of the molecule is [N-]=[N+]=NCCOC1O[C@H](CO)[C@@H](O)[C@H](O)[C@H]1O. The van der Waals surface area contributed by atoms with Gasteiger partial charge >= 0.3 is 0 Å². The van der Waals surface area contributed by atoms with E-state index in [9.17, 15) is 15.3 Å². The first kappa shape index (κ1) is 14.1. The summed E-state index contributed by atoms with van der Waals surface area (Å²) in [6, 6.07) is 0. The van der Waals surface area contributed by atoms with Crippen molar-refractivity contribution in [1.29, 1.82) is 0 Å². The molecule has 0 spiro atoms. The smallest absolute Gasteiger partial charge is 0.186 e. The van der Waals surface area contributed by atoms with Gasteiger partial charge in [0.15, 0.2) is 6.29 Å². The van der Waals surface area contributed by atoms with Crippen molar-refractivity contribution < 1.29 is 29.9 Å². The molecule has 1 saturated heterocycles. The predicted octanol–water partition coefficient (Wildman–Crippen LogP) is -1.89. The van der Waals surface area contributed by atoms with E-state index in [0.717, 1.165) is 0 Å². The summed E-state index contributed by atoms with van der Waals surface area (Å²) in [5.74, 6) is 0. The molecule has 1 rings (SSSR count). The van der Waals surface area contributed by atoms with Gasteiger partial charge in [0.05, 0.1) is 13.2 Å². The molecular formula is C8H15N3O6. The molecule has 0 aromatic heterocycles. The molecule has 4 N–H and O–H groups in total. The summed E-state index contributed by atoms with van der Waals surface area (Å²) < 4.78 is 10.1. The highest BCUT2D eigenvalue weighted by atomic mass is 16.7. The lowest BCUT2D eigenvalue weighted by Crippen LogP contribution is -2.59. The average Bonchev–Trinajstić information content (AvgIpc) is 2.34. The van der Waals surface area contributed by atoms with Gasteiger partial charge in [0.2, 0.25) is 0 Å². The third-order valence-corrected chi connectivity index (χ3v) is 2.39. The van der Waals surface area contributed by atoms with E-state index in [-0.39, 0.29) is 13.2 Å². The Labute approximate surface area is 96.8 Å². The maximum Gasteiger partial charge on any atom is 0.186 e. The lowest BCUT2D eigenvalue weighted by molar-refractivity contribution is -0.300. The van der Waals surface area contributed by atoms with Crippen LogP contribution in [0.3, 0.4) is 0 Å². The molecule has 1 heterocycles. The Morgan fingerprint density at radius 1 is 1.24 bits per heavy atom. The number of ether oxygens (including phenoxy) is 2. The van der Waals surface area contributed by atoms with Crippen LogP contribution in [0, 0.1) is 0 Å². The summed E-state index contributed by atoms with van der Waals surface area (Å²) in [6.45, 7) is -0.473. The van der Waals surface area contributed by atoms with Crippen LogP contribution < -0.4 is 0 Å². The number of aliphatic hydroxyl groups excluding tert-OH is 4. The van der Waals surface area contributed by atoms with Gasteiger partial charge < -0.3 is 29.9 Å². The molecule has 0 saturated carbocycles. The minimum absolute atomic E-state index is 0.00719. The number of aliphatic hydroxyl groups is 4. The number of hydrogen-bond donors (Lipinski definition) is 4. The van der Waals surface area contributed by atoms with Crippen molar-refractivity contribution in [3.8, 4) is 0 Å². The largest absolute Gasteiger partial charge is 0.394 e. The van der Waals surface area contributed by atoms with Gasteiger partial charge in [-0.3, -0.25) is 0 Å². The second-order valence-electron chi connectivity index (χ2n) is 3.52.